The fourth-order valence-corrected chi connectivity index (χ4v) is 4.38. The van der Waals surface area contributed by atoms with Crippen molar-refractivity contribution in [3.63, 3.8) is 0 Å². The van der Waals surface area contributed by atoms with Gasteiger partial charge in [0.1, 0.15) is 0 Å². The molecule has 2 aliphatic rings. The van der Waals surface area contributed by atoms with Crippen LogP contribution in [0.4, 0.5) is 0 Å². The summed E-state index contributed by atoms with van der Waals surface area (Å²) < 4.78 is 28.3. The number of nitrogens with one attached hydrogen (secondary N) is 2. The van der Waals surface area contributed by atoms with Gasteiger partial charge in [0, 0.05) is 58.4 Å². The molecule has 0 aromatic heterocycles. The average Bonchev–Trinajstić information content (AvgIpc) is 2.60. The SMILES string of the molecule is CN=C(NCCN1CCS(=O)(=O)CC1)NCC(C)(C)N1CCOCC1.I. The Labute approximate surface area is 175 Å². The Morgan fingerprint density at radius 2 is 1.73 bits per heavy atom. The molecule has 0 aliphatic carbocycles. The molecule has 2 saturated heterocycles. The minimum atomic E-state index is -2.81. The van der Waals surface area contributed by atoms with Crippen molar-refractivity contribution in [2.75, 3.05) is 77.6 Å². The summed E-state index contributed by atoms with van der Waals surface area (Å²) in [7, 11) is -1.04. The molecule has 0 aromatic rings. The lowest BCUT2D eigenvalue weighted by atomic mass is 10.0. The molecule has 2 heterocycles. The van der Waals surface area contributed by atoms with E-state index in [0.717, 1.165) is 51.9 Å². The van der Waals surface area contributed by atoms with Crippen molar-refractivity contribution in [1.29, 1.82) is 0 Å². The first-order valence-corrected chi connectivity index (χ1v) is 10.8. The number of hydrogen-bond acceptors (Lipinski definition) is 6. The van der Waals surface area contributed by atoms with Crippen LogP contribution >= 0.6 is 24.0 Å². The van der Waals surface area contributed by atoms with E-state index in [0.29, 0.717) is 13.1 Å². The molecule has 154 valence electrons. The molecule has 8 nitrogen and oxygen atoms in total. The molecule has 0 saturated carbocycles. The third-order valence-corrected chi connectivity index (χ3v) is 6.55. The van der Waals surface area contributed by atoms with Gasteiger partial charge in [-0.2, -0.15) is 0 Å². The van der Waals surface area contributed by atoms with E-state index in [9.17, 15) is 8.42 Å². The first kappa shape index (κ1) is 23.9. The van der Waals surface area contributed by atoms with E-state index in [1.807, 2.05) is 0 Å². The van der Waals surface area contributed by atoms with E-state index in [-0.39, 0.29) is 41.0 Å². The highest BCUT2D eigenvalue weighted by atomic mass is 127. The molecule has 10 heteroatoms. The van der Waals surface area contributed by atoms with E-state index >= 15 is 0 Å². The summed E-state index contributed by atoms with van der Waals surface area (Å²) in [6, 6.07) is 0. The Bertz CT molecular complexity index is 536. The molecule has 0 aromatic carbocycles. The lowest BCUT2D eigenvalue weighted by molar-refractivity contribution is -0.00834. The predicted octanol–water partition coefficient (Wildman–Crippen LogP) is -0.389. The van der Waals surface area contributed by atoms with Crippen LogP contribution in [0.15, 0.2) is 4.99 Å². The van der Waals surface area contributed by atoms with Crippen molar-refractivity contribution in [2.24, 2.45) is 4.99 Å². The van der Waals surface area contributed by atoms with Crippen molar-refractivity contribution in [3.8, 4) is 0 Å². The molecule has 2 rings (SSSR count). The topological polar surface area (TPSA) is 86.3 Å². The van der Waals surface area contributed by atoms with Gasteiger partial charge in [0.05, 0.1) is 24.7 Å². The van der Waals surface area contributed by atoms with Crippen molar-refractivity contribution in [1.82, 2.24) is 20.4 Å². The van der Waals surface area contributed by atoms with Gasteiger partial charge in [-0.15, -0.1) is 24.0 Å². The van der Waals surface area contributed by atoms with Gasteiger partial charge >= 0.3 is 0 Å². The zero-order chi connectivity index (χ0) is 18.3. The molecule has 2 aliphatic heterocycles. The van der Waals surface area contributed by atoms with Crippen LogP contribution in [-0.2, 0) is 14.6 Å². The summed E-state index contributed by atoms with van der Waals surface area (Å²) >= 11 is 0. The average molecular weight is 503 g/mol. The third-order valence-electron chi connectivity index (χ3n) is 4.94. The van der Waals surface area contributed by atoms with E-state index in [2.05, 4.69) is 39.3 Å². The van der Waals surface area contributed by atoms with E-state index in [4.69, 9.17) is 4.74 Å². The molecular weight excluding hydrogens is 469 g/mol. The van der Waals surface area contributed by atoms with Crippen molar-refractivity contribution < 1.29 is 13.2 Å². The quantitative estimate of drug-likeness (QED) is 0.290. The maximum absolute atomic E-state index is 11.5. The second kappa shape index (κ2) is 11.0. The summed E-state index contributed by atoms with van der Waals surface area (Å²) in [5.74, 6) is 1.33. The maximum atomic E-state index is 11.5. The van der Waals surface area contributed by atoms with Gasteiger partial charge in [0.2, 0.25) is 0 Å². The van der Waals surface area contributed by atoms with Crippen LogP contribution in [0.1, 0.15) is 13.8 Å². The van der Waals surface area contributed by atoms with Crippen LogP contribution in [0.3, 0.4) is 0 Å². The first-order valence-electron chi connectivity index (χ1n) is 9.02. The van der Waals surface area contributed by atoms with E-state index in [1.165, 1.54) is 0 Å². The highest BCUT2D eigenvalue weighted by Crippen LogP contribution is 2.14. The molecular formula is C16H34IN5O3S. The van der Waals surface area contributed by atoms with Crippen molar-refractivity contribution in [2.45, 2.75) is 19.4 Å². The normalized spacial score (nSPS) is 22.5. The van der Waals surface area contributed by atoms with Crippen LogP contribution in [0.5, 0.6) is 0 Å². The maximum Gasteiger partial charge on any atom is 0.191 e. The summed E-state index contributed by atoms with van der Waals surface area (Å²) in [5, 5.41) is 6.72. The van der Waals surface area contributed by atoms with Crippen molar-refractivity contribution >= 4 is 39.8 Å². The molecule has 0 spiro atoms. The van der Waals surface area contributed by atoms with Gasteiger partial charge < -0.3 is 15.4 Å². The Kier molecular flexibility index (Phi) is 10.1. The van der Waals surface area contributed by atoms with Gasteiger partial charge in [-0.25, -0.2) is 8.42 Å². The van der Waals surface area contributed by atoms with E-state index < -0.39 is 9.84 Å². The third kappa shape index (κ3) is 7.83. The molecule has 0 bridgehead atoms. The minimum absolute atomic E-state index is 0. The monoisotopic (exact) mass is 503 g/mol. The Hall–Kier alpha value is -0.170. The zero-order valence-corrected chi connectivity index (χ0v) is 19.3. The molecule has 0 unspecified atom stereocenters. The van der Waals surface area contributed by atoms with Crippen LogP contribution in [-0.4, -0.2) is 107 Å². The number of hydrogen-bond donors (Lipinski definition) is 2. The summed E-state index contributed by atoms with van der Waals surface area (Å²) in [4.78, 5) is 8.89. The second-order valence-electron chi connectivity index (χ2n) is 7.26. The fraction of sp³-hybridized carbons (Fsp3) is 0.938. The minimum Gasteiger partial charge on any atom is -0.379 e. The molecule has 0 amide bonds. The Balaban J connectivity index is 0.00000338. The Morgan fingerprint density at radius 1 is 1.12 bits per heavy atom. The fourth-order valence-electron chi connectivity index (χ4n) is 3.11. The summed E-state index contributed by atoms with van der Waals surface area (Å²) in [5.41, 5.74) is 0.0304. The van der Waals surface area contributed by atoms with Crippen LogP contribution in [0.25, 0.3) is 0 Å². The van der Waals surface area contributed by atoms with E-state index in [1.54, 1.807) is 7.05 Å². The largest absolute Gasteiger partial charge is 0.379 e. The van der Waals surface area contributed by atoms with Crippen molar-refractivity contribution in [3.05, 3.63) is 0 Å². The molecule has 2 fully saturated rings. The van der Waals surface area contributed by atoms with Crippen LogP contribution < -0.4 is 10.6 Å². The number of aliphatic imine (C=N–C) groups is 1. The second-order valence-corrected chi connectivity index (χ2v) is 9.56. The highest BCUT2D eigenvalue weighted by molar-refractivity contribution is 14.0. The number of sulfone groups is 1. The lowest BCUT2D eigenvalue weighted by Crippen LogP contribution is -2.56. The number of guanidine groups is 1. The molecule has 0 atom stereocenters. The smallest absolute Gasteiger partial charge is 0.191 e. The van der Waals surface area contributed by atoms with Gasteiger partial charge in [0.25, 0.3) is 0 Å². The van der Waals surface area contributed by atoms with Gasteiger partial charge in [-0.3, -0.25) is 14.8 Å². The van der Waals surface area contributed by atoms with Crippen LogP contribution in [0, 0.1) is 0 Å². The number of nitrogens with zero attached hydrogens (tertiary/aromatic N) is 3. The summed E-state index contributed by atoms with van der Waals surface area (Å²) in [6.45, 7) is 11.6. The number of rotatable bonds is 6. The first-order chi connectivity index (χ1) is 11.8. The molecule has 0 radical (unpaired) electrons. The predicted molar refractivity (Wildman–Crippen MR) is 116 cm³/mol. The number of ether oxygens (including phenoxy) is 1. The standard InChI is InChI=1S/C16H33N5O3S.HI/c1-16(2,21-6-10-24-11-7-21)14-19-15(17-3)18-4-5-20-8-12-25(22,23)13-9-20;/h4-14H2,1-3H3,(H2,17,18,19);1H. The molecule has 2 N–H and O–H groups in total. The number of morpholine rings is 1. The highest BCUT2D eigenvalue weighted by Gasteiger charge is 2.28. The van der Waals surface area contributed by atoms with Gasteiger partial charge in [-0.05, 0) is 13.8 Å². The zero-order valence-electron chi connectivity index (χ0n) is 16.2. The molecule has 26 heavy (non-hydrogen) atoms. The van der Waals surface area contributed by atoms with Crippen LogP contribution in [0.2, 0.25) is 0 Å². The van der Waals surface area contributed by atoms with Gasteiger partial charge in [-0.1, -0.05) is 0 Å². The Morgan fingerprint density at radius 3 is 2.31 bits per heavy atom. The number of halogens is 1. The summed E-state index contributed by atoms with van der Waals surface area (Å²) in [6.07, 6.45) is 0. The lowest BCUT2D eigenvalue weighted by Gasteiger charge is -2.41. The van der Waals surface area contributed by atoms with Gasteiger partial charge in [0.15, 0.2) is 15.8 Å².